The van der Waals surface area contributed by atoms with Crippen LogP contribution in [0.3, 0.4) is 0 Å². The lowest BCUT2D eigenvalue weighted by Gasteiger charge is -2.19. The van der Waals surface area contributed by atoms with E-state index in [0.29, 0.717) is 0 Å². The Balaban J connectivity index is 0.000000118. The molecule has 0 amide bonds. The summed E-state index contributed by atoms with van der Waals surface area (Å²) >= 11 is 3.56. The predicted molar refractivity (Wildman–Crippen MR) is 498 cm³/mol. The number of halogens is 1. The number of nitrogens with zero attached hydrogens (tertiary/aromatic N) is 1. The van der Waals surface area contributed by atoms with E-state index in [1.165, 1.54) is 170 Å². The summed E-state index contributed by atoms with van der Waals surface area (Å²) in [5, 5.41) is 17.2. The van der Waals surface area contributed by atoms with Gasteiger partial charge < -0.3 is 13.4 Å². The molecule has 1 aliphatic carbocycles. The summed E-state index contributed by atoms with van der Waals surface area (Å²) in [7, 11) is 0. The standard InChI is InChI=1S/C56H35NO.C32H21Br.C25H16O/c1-3-14-37(15-4-1)54-45-20-7-8-21-46(45)55(38-16-5-2-6-17-38)50-34-39(28-32-47(50)54)36-26-30-41(31-27-36)57-51-24-11-9-18-43(51)49-35-40(29-33-52(49)57)42-22-13-23-48-44-19-10-12-25-53(44)58-56(42)48;33-26-18-15-22(16-19-26)25-17-20-29-30(21-25)32(24-11-5-2-6-12-24)28-14-8-7-13-27(28)31(29)23-9-3-1-4-10-23;1-2-7-19-16(6-1)14-17-12-13-18(15-23(17)19)20-9-5-10-22-21-8-3-4-11-24(21)26-25(20)22/h1-35H;1-21H;1-13,15H,14H2. The second kappa shape index (κ2) is 29.1. The molecule has 0 bridgehead atoms. The van der Waals surface area contributed by atoms with Crippen LogP contribution in [-0.2, 0) is 6.42 Å². The molecule has 0 saturated heterocycles. The van der Waals surface area contributed by atoms with Crippen LogP contribution in [0.4, 0.5) is 0 Å². The van der Waals surface area contributed by atoms with Gasteiger partial charge in [0.15, 0.2) is 0 Å². The van der Waals surface area contributed by atoms with E-state index < -0.39 is 0 Å². The van der Waals surface area contributed by atoms with Crippen LogP contribution in [0, 0.1) is 0 Å². The average molecular weight is 1560 g/mol. The van der Waals surface area contributed by atoms with Crippen molar-refractivity contribution in [3.05, 3.63) is 440 Å². The fourth-order valence-electron chi connectivity index (χ4n) is 18.5. The van der Waals surface area contributed by atoms with Crippen LogP contribution < -0.4 is 0 Å². The summed E-state index contributed by atoms with van der Waals surface area (Å²) in [6, 6.07) is 153. The first kappa shape index (κ1) is 69.1. The molecule has 0 unspecified atom stereocenters. The smallest absolute Gasteiger partial charge is 0.143 e. The maximum absolute atomic E-state index is 6.45. The molecular formula is C113H72BrNO2. The third-order valence-corrected chi connectivity index (χ3v) is 24.4. The number of rotatable bonds is 9. The van der Waals surface area contributed by atoms with Gasteiger partial charge in [0, 0.05) is 53.6 Å². The van der Waals surface area contributed by atoms with Crippen molar-refractivity contribution in [3.63, 3.8) is 0 Å². The number of hydrogen-bond acceptors (Lipinski definition) is 2. The van der Waals surface area contributed by atoms with Crippen molar-refractivity contribution in [2.75, 3.05) is 0 Å². The van der Waals surface area contributed by atoms with Crippen LogP contribution in [0.2, 0.25) is 0 Å². The number of para-hydroxylation sites is 5. The molecule has 0 atom stereocenters. The van der Waals surface area contributed by atoms with E-state index in [-0.39, 0.29) is 0 Å². The van der Waals surface area contributed by atoms with E-state index in [1.807, 2.05) is 24.3 Å². The molecule has 117 heavy (non-hydrogen) atoms. The Morgan fingerprint density at radius 2 is 0.538 bits per heavy atom. The van der Waals surface area contributed by atoms with Gasteiger partial charge in [-0.05, 0) is 222 Å². The maximum atomic E-state index is 6.45. The summed E-state index contributed by atoms with van der Waals surface area (Å²) < 4.78 is 16.2. The molecule has 1 aliphatic rings. The summed E-state index contributed by atoms with van der Waals surface area (Å²) in [4.78, 5) is 0. The van der Waals surface area contributed by atoms with Crippen LogP contribution in [0.25, 0.3) is 215 Å². The third kappa shape index (κ3) is 12.1. The van der Waals surface area contributed by atoms with Gasteiger partial charge in [-0.1, -0.05) is 368 Å². The van der Waals surface area contributed by atoms with Crippen LogP contribution >= 0.6 is 15.9 Å². The Hall–Kier alpha value is -14.7. The highest BCUT2D eigenvalue weighted by Gasteiger charge is 2.24. The zero-order chi connectivity index (χ0) is 77.4. The Kier molecular flexibility index (Phi) is 17.2. The number of hydrogen-bond donors (Lipinski definition) is 0. The molecule has 3 heterocycles. The first-order valence-electron chi connectivity index (χ1n) is 40.1. The topological polar surface area (TPSA) is 31.2 Å². The van der Waals surface area contributed by atoms with Gasteiger partial charge >= 0.3 is 0 Å². The Labute approximate surface area is 685 Å². The van der Waals surface area contributed by atoms with Crippen LogP contribution in [-0.4, -0.2) is 4.57 Å². The molecular weight excluding hydrogens is 1480 g/mol. The van der Waals surface area contributed by atoms with E-state index in [4.69, 9.17) is 8.83 Å². The predicted octanol–water partition coefficient (Wildman–Crippen LogP) is 32.2. The molecule has 0 saturated carbocycles. The minimum absolute atomic E-state index is 0.914. The van der Waals surface area contributed by atoms with E-state index in [1.54, 1.807) is 0 Å². The molecule has 20 aromatic carbocycles. The van der Waals surface area contributed by atoms with Gasteiger partial charge in [-0.3, -0.25) is 0 Å². The van der Waals surface area contributed by atoms with Gasteiger partial charge in [-0.2, -0.15) is 0 Å². The minimum atomic E-state index is 0.914. The van der Waals surface area contributed by atoms with Crippen molar-refractivity contribution in [2.24, 2.45) is 0 Å². The van der Waals surface area contributed by atoms with Crippen LogP contribution in [0.1, 0.15) is 11.1 Å². The maximum Gasteiger partial charge on any atom is 0.143 e. The Morgan fingerprint density at radius 3 is 1.04 bits per heavy atom. The highest BCUT2D eigenvalue weighted by atomic mass is 79.9. The largest absolute Gasteiger partial charge is 0.455 e. The molecule has 3 nitrogen and oxygen atoms in total. The van der Waals surface area contributed by atoms with Crippen molar-refractivity contribution in [1.29, 1.82) is 0 Å². The zero-order valence-corrected chi connectivity index (χ0v) is 65.3. The van der Waals surface area contributed by atoms with Crippen molar-refractivity contribution >= 4 is 125 Å². The quantitative estimate of drug-likeness (QED) is 0.135. The Morgan fingerprint density at radius 1 is 0.197 bits per heavy atom. The number of aromatic nitrogens is 1. The van der Waals surface area contributed by atoms with Crippen molar-refractivity contribution in [3.8, 4) is 106 Å². The fraction of sp³-hybridized carbons (Fsp3) is 0.00885. The second-order valence-corrected chi connectivity index (χ2v) is 31.4. The van der Waals surface area contributed by atoms with Gasteiger partial charge in [0.25, 0.3) is 0 Å². The van der Waals surface area contributed by atoms with Gasteiger partial charge in [-0.25, -0.2) is 0 Å². The summed E-state index contributed by atoms with van der Waals surface area (Å²) in [6.07, 6.45) is 1.03. The van der Waals surface area contributed by atoms with Gasteiger partial charge in [-0.15, -0.1) is 0 Å². The number of furan rings is 2. The minimum Gasteiger partial charge on any atom is -0.455 e. The lowest BCUT2D eigenvalue weighted by molar-refractivity contribution is 0.669. The van der Waals surface area contributed by atoms with Crippen molar-refractivity contribution < 1.29 is 8.83 Å². The third-order valence-electron chi connectivity index (χ3n) is 23.8. The number of benzene rings is 20. The number of fused-ring (bicyclic) bond motifs is 16. The first-order chi connectivity index (χ1) is 58.0. The van der Waals surface area contributed by atoms with Crippen LogP contribution in [0.15, 0.2) is 438 Å². The highest BCUT2D eigenvalue weighted by Crippen LogP contribution is 2.49. The molecule has 23 aromatic rings. The van der Waals surface area contributed by atoms with Gasteiger partial charge in [0.05, 0.1) is 11.0 Å². The monoisotopic (exact) mass is 1550 g/mol. The van der Waals surface area contributed by atoms with E-state index in [0.717, 1.165) is 66.4 Å². The lowest BCUT2D eigenvalue weighted by atomic mass is 9.85. The van der Waals surface area contributed by atoms with Crippen LogP contribution in [0.5, 0.6) is 0 Å². The highest BCUT2D eigenvalue weighted by molar-refractivity contribution is 9.10. The lowest BCUT2D eigenvalue weighted by Crippen LogP contribution is -1.94. The molecule has 0 radical (unpaired) electrons. The van der Waals surface area contributed by atoms with Gasteiger partial charge in [0.1, 0.15) is 22.3 Å². The SMILES string of the molecule is Brc1ccc(-c2ccc3c(-c4ccccc4)c4ccccc4c(-c4ccccc4)c3c2)cc1.c1ccc(-c2c3ccccc3c(-c3ccccc3)c3cc(-c4ccc(-n5c6ccccc6c6cc(-c7cccc8c7oc7ccccc78)ccc65)cc4)ccc23)cc1.c1ccc2c(c1)Cc1ccc(-c3cccc4c3oc3ccccc34)cc1-2. The summed E-state index contributed by atoms with van der Waals surface area (Å²) in [6.45, 7) is 0. The molecule has 548 valence electrons. The molecule has 0 spiro atoms. The summed E-state index contributed by atoms with van der Waals surface area (Å²) in [5.41, 5.74) is 32.3. The van der Waals surface area contributed by atoms with E-state index >= 15 is 0 Å². The molecule has 0 N–H and O–H groups in total. The zero-order valence-electron chi connectivity index (χ0n) is 63.8. The second-order valence-electron chi connectivity index (χ2n) is 30.5. The Bertz CT molecular complexity index is 7810. The van der Waals surface area contributed by atoms with Crippen molar-refractivity contribution in [1.82, 2.24) is 4.57 Å². The normalized spacial score (nSPS) is 11.8. The fourth-order valence-corrected chi connectivity index (χ4v) is 18.7. The molecule has 24 rings (SSSR count). The molecule has 0 fully saturated rings. The van der Waals surface area contributed by atoms with E-state index in [9.17, 15) is 0 Å². The summed E-state index contributed by atoms with van der Waals surface area (Å²) in [5.74, 6) is 0. The first-order valence-corrected chi connectivity index (χ1v) is 40.9. The van der Waals surface area contributed by atoms with E-state index in [2.05, 4.69) is 421 Å². The van der Waals surface area contributed by atoms with Crippen molar-refractivity contribution in [2.45, 2.75) is 6.42 Å². The molecule has 0 aliphatic heterocycles. The molecule has 4 heteroatoms. The molecule has 3 aromatic heterocycles. The average Bonchev–Trinajstić information content (AvgIpc) is 1.25. The van der Waals surface area contributed by atoms with Gasteiger partial charge in [0.2, 0.25) is 0 Å².